The van der Waals surface area contributed by atoms with Crippen molar-refractivity contribution in [2.24, 2.45) is 5.92 Å². The van der Waals surface area contributed by atoms with Crippen LogP contribution < -0.4 is 5.32 Å². The molecule has 0 aliphatic carbocycles. The van der Waals surface area contributed by atoms with Gasteiger partial charge in [0.05, 0.1) is 5.00 Å². The first-order valence-electron chi connectivity index (χ1n) is 7.06. The molecule has 1 aliphatic rings. The van der Waals surface area contributed by atoms with E-state index in [1.54, 1.807) is 18.3 Å². The highest BCUT2D eigenvalue weighted by Crippen LogP contribution is 2.34. The Hall–Kier alpha value is -0.870. The Morgan fingerprint density at radius 3 is 2.58 bits per heavy atom. The van der Waals surface area contributed by atoms with E-state index in [1.165, 1.54) is 41.9 Å². The first-order chi connectivity index (χ1) is 8.97. The maximum absolute atomic E-state index is 11.3. The maximum Gasteiger partial charge on any atom is 0.221 e. The zero-order valence-corrected chi connectivity index (χ0v) is 13.2. The van der Waals surface area contributed by atoms with Crippen LogP contribution in [0.2, 0.25) is 0 Å². The van der Waals surface area contributed by atoms with E-state index in [4.69, 9.17) is 0 Å². The second kappa shape index (κ2) is 6.06. The van der Waals surface area contributed by atoms with Crippen LogP contribution >= 0.6 is 11.3 Å². The Kier molecular flexibility index (Phi) is 4.63. The molecule has 2 rings (SSSR count). The van der Waals surface area contributed by atoms with Crippen molar-refractivity contribution in [2.75, 3.05) is 18.4 Å². The van der Waals surface area contributed by atoms with Gasteiger partial charge in [-0.2, -0.15) is 0 Å². The highest BCUT2D eigenvalue weighted by Gasteiger charge is 2.20. The number of thiophene rings is 1. The van der Waals surface area contributed by atoms with Gasteiger partial charge in [0.2, 0.25) is 5.91 Å². The molecular formula is C15H24N2OS. The van der Waals surface area contributed by atoms with Crippen molar-refractivity contribution in [1.29, 1.82) is 0 Å². The fourth-order valence-corrected chi connectivity index (χ4v) is 3.69. The van der Waals surface area contributed by atoms with E-state index >= 15 is 0 Å². The second-order valence-electron chi connectivity index (χ2n) is 5.73. The molecule has 2 heterocycles. The second-order valence-corrected chi connectivity index (χ2v) is 6.96. The monoisotopic (exact) mass is 280 g/mol. The van der Waals surface area contributed by atoms with Gasteiger partial charge in [0.25, 0.3) is 0 Å². The largest absolute Gasteiger partial charge is 0.318 e. The Balaban J connectivity index is 2.12. The predicted molar refractivity (Wildman–Crippen MR) is 81.8 cm³/mol. The molecule has 0 radical (unpaired) electrons. The number of carbonyl (C=O) groups is 1. The van der Waals surface area contributed by atoms with Gasteiger partial charge in [0.15, 0.2) is 0 Å². The Morgan fingerprint density at radius 2 is 2.00 bits per heavy atom. The lowest BCUT2D eigenvalue weighted by molar-refractivity contribution is -0.114. The van der Waals surface area contributed by atoms with Crippen LogP contribution in [-0.2, 0) is 11.3 Å². The van der Waals surface area contributed by atoms with Gasteiger partial charge < -0.3 is 5.32 Å². The highest BCUT2D eigenvalue weighted by atomic mass is 32.1. The summed E-state index contributed by atoms with van der Waals surface area (Å²) < 4.78 is 0. The average Bonchev–Trinajstić information content (AvgIpc) is 2.59. The Labute approximate surface area is 120 Å². The van der Waals surface area contributed by atoms with Gasteiger partial charge in [0.1, 0.15) is 0 Å². The molecule has 1 aliphatic heterocycles. The van der Waals surface area contributed by atoms with Gasteiger partial charge >= 0.3 is 0 Å². The summed E-state index contributed by atoms with van der Waals surface area (Å²) in [5.74, 6) is 0.881. The van der Waals surface area contributed by atoms with E-state index in [9.17, 15) is 4.79 Å². The summed E-state index contributed by atoms with van der Waals surface area (Å²) >= 11 is 1.70. The fraction of sp³-hybridized carbons (Fsp3) is 0.667. The minimum atomic E-state index is 0.0229. The van der Waals surface area contributed by atoms with E-state index in [-0.39, 0.29) is 5.91 Å². The zero-order valence-electron chi connectivity index (χ0n) is 12.4. The summed E-state index contributed by atoms with van der Waals surface area (Å²) in [5, 5.41) is 4.03. The number of hydrogen-bond acceptors (Lipinski definition) is 3. The summed E-state index contributed by atoms with van der Waals surface area (Å²) in [5.41, 5.74) is 2.65. The van der Waals surface area contributed by atoms with Crippen LogP contribution in [0.3, 0.4) is 0 Å². The van der Waals surface area contributed by atoms with Crippen LogP contribution in [0.5, 0.6) is 0 Å². The lowest BCUT2D eigenvalue weighted by Gasteiger charge is -2.30. The van der Waals surface area contributed by atoms with E-state index in [0.717, 1.165) is 17.5 Å². The molecule has 1 N–H and O–H groups in total. The summed E-state index contributed by atoms with van der Waals surface area (Å²) in [7, 11) is 0. The zero-order chi connectivity index (χ0) is 14.0. The number of rotatable bonds is 3. The number of carbonyl (C=O) groups excluding carboxylic acids is 1. The lowest BCUT2D eigenvalue weighted by Crippen LogP contribution is -2.32. The van der Waals surface area contributed by atoms with E-state index in [2.05, 4.69) is 31.0 Å². The number of aryl methyl sites for hydroxylation is 1. The molecule has 19 heavy (non-hydrogen) atoms. The molecule has 0 saturated carbocycles. The fourth-order valence-electron chi connectivity index (χ4n) is 2.57. The van der Waals surface area contributed by atoms with E-state index in [0.29, 0.717) is 0 Å². The minimum absolute atomic E-state index is 0.0229. The van der Waals surface area contributed by atoms with Crippen LogP contribution in [0, 0.1) is 19.8 Å². The smallest absolute Gasteiger partial charge is 0.221 e. The van der Waals surface area contributed by atoms with Crippen molar-refractivity contribution in [1.82, 2.24) is 4.90 Å². The van der Waals surface area contributed by atoms with Crippen molar-refractivity contribution >= 4 is 22.2 Å². The van der Waals surface area contributed by atoms with Crippen LogP contribution in [-0.4, -0.2) is 23.9 Å². The van der Waals surface area contributed by atoms with Crippen LogP contribution in [0.4, 0.5) is 5.00 Å². The first kappa shape index (κ1) is 14.5. The molecule has 4 heteroatoms. The standard InChI is InChI=1S/C15H24N2OS/c1-10-5-7-17(8-6-10)9-14-11(2)12(3)19-15(14)16-13(4)18/h10H,5-9H2,1-4H3,(H,16,18). The molecule has 0 spiro atoms. The number of anilines is 1. The number of nitrogens with zero attached hydrogens (tertiary/aromatic N) is 1. The van der Waals surface area contributed by atoms with Crippen molar-refractivity contribution in [3.63, 3.8) is 0 Å². The number of amides is 1. The van der Waals surface area contributed by atoms with Crippen LogP contribution in [0.1, 0.15) is 42.7 Å². The third-order valence-electron chi connectivity index (χ3n) is 4.06. The quantitative estimate of drug-likeness (QED) is 0.918. The number of likely N-dealkylation sites (tertiary alicyclic amines) is 1. The predicted octanol–water partition coefficient (Wildman–Crippen LogP) is 3.56. The number of nitrogens with one attached hydrogen (secondary N) is 1. The normalized spacial score (nSPS) is 17.7. The van der Waals surface area contributed by atoms with Gasteiger partial charge in [0, 0.05) is 23.9 Å². The molecule has 0 unspecified atom stereocenters. The van der Waals surface area contributed by atoms with E-state index < -0.39 is 0 Å². The van der Waals surface area contributed by atoms with Crippen molar-refractivity contribution < 1.29 is 4.79 Å². The SMILES string of the molecule is CC(=O)Nc1sc(C)c(C)c1CN1CCC(C)CC1. The molecular weight excluding hydrogens is 256 g/mol. The Bertz CT molecular complexity index is 459. The Morgan fingerprint density at radius 1 is 1.37 bits per heavy atom. The summed E-state index contributed by atoms with van der Waals surface area (Å²) in [6, 6.07) is 0. The molecule has 0 bridgehead atoms. The average molecular weight is 280 g/mol. The minimum Gasteiger partial charge on any atom is -0.318 e. The van der Waals surface area contributed by atoms with E-state index in [1.807, 2.05) is 0 Å². The van der Waals surface area contributed by atoms with Crippen molar-refractivity contribution in [2.45, 2.75) is 47.1 Å². The molecule has 106 valence electrons. The molecule has 1 aromatic heterocycles. The molecule has 0 aromatic carbocycles. The van der Waals surface area contributed by atoms with Crippen molar-refractivity contribution in [3.05, 3.63) is 16.0 Å². The topological polar surface area (TPSA) is 32.3 Å². The summed E-state index contributed by atoms with van der Waals surface area (Å²) in [4.78, 5) is 15.1. The molecule has 3 nitrogen and oxygen atoms in total. The molecule has 1 aromatic rings. The lowest BCUT2D eigenvalue weighted by atomic mass is 9.98. The van der Waals surface area contributed by atoms with Gasteiger partial charge in [-0.15, -0.1) is 11.3 Å². The molecule has 1 saturated heterocycles. The number of piperidine rings is 1. The van der Waals surface area contributed by atoms with Gasteiger partial charge in [-0.25, -0.2) is 0 Å². The maximum atomic E-state index is 11.3. The van der Waals surface area contributed by atoms with Crippen LogP contribution in [0.25, 0.3) is 0 Å². The third kappa shape index (κ3) is 3.57. The van der Waals surface area contributed by atoms with Gasteiger partial charge in [-0.1, -0.05) is 6.92 Å². The molecule has 0 atom stereocenters. The van der Waals surface area contributed by atoms with Gasteiger partial charge in [-0.3, -0.25) is 9.69 Å². The molecule has 1 fully saturated rings. The highest BCUT2D eigenvalue weighted by molar-refractivity contribution is 7.16. The van der Waals surface area contributed by atoms with Crippen LogP contribution in [0.15, 0.2) is 0 Å². The summed E-state index contributed by atoms with van der Waals surface area (Å²) in [6.07, 6.45) is 2.58. The molecule has 1 amide bonds. The summed E-state index contributed by atoms with van der Waals surface area (Å²) in [6.45, 7) is 11.5. The first-order valence-corrected chi connectivity index (χ1v) is 7.87. The van der Waals surface area contributed by atoms with Crippen molar-refractivity contribution in [3.8, 4) is 0 Å². The third-order valence-corrected chi connectivity index (χ3v) is 5.22. The van der Waals surface area contributed by atoms with Gasteiger partial charge in [-0.05, 0) is 51.3 Å². The number of hydrogen-bond donors (Lipinski definition) is 1.